The minimum atomic E-state index is 0.00920. The van der Waals surface area contributed by atoms with Crippen molar-refractivity contribution in [2.24, 2.45) is 5.92 Å². The van der Waals surface area contributed by atoms with Gasteiger partial charge in [-0.25, -0.2) is 0 Å². The van der Waals surface area contributed by atoms with Gasteiger partial charge in [-0.3, -0.25) is 9.59 Å². The number of hydrogen-bond donors (Lipinski definition) is 1. The number of nitrogens with one attached hydrogen (secondary N) is 1. The van der Waals surface area contributed by atoms with Crippen LogP contribution in [0.5, 0.6) is 0 Å². The van der Waals surface area contributed by atoms with Gasteiger partial charge in [0.2, 0.25) is 5.91 Å². The van der Waals surface area contributed by atoms with E-state index in [2.05, 4.69) is 27.9 Å². The van der Waals surface area contributed by atoms with E-state index in [1.807, 2.05) is 0 Å². The van der Waals surface area contributed by atoms with E-state index in [0.29, 0.717) is 23.7 Å². The maximum absolute atomic E-state index is 12.4. The van der Waals surface area contributed by atoms with E-state index in [-0.39, 0.29) is 17.7 Å². The summed E-state index contributed by atoms with van der Waals surface area (Å²) in [6, 6.07) is 5.29. The zero-order valence-electron chi connectivity index (χ0n) is 11.2. The molecule has 1 N–H and O–H groups in total. The molecule has 1 aromatic carbocycles. The van der Waals surface area contributed by atoms with Gasteiger partial charge >= 0.3 is 0 Å². The molecule has 1 fully saturated rings. The molecule has 0 unspecified atom stereocenters. The van der Waals surface area contributed by atoms with Crippen LogP contribution in [0.1, 0.15) is 23.2 Å². The number of benzene rings is 1. The maximum Gasteiger partial charge on any atom is 0.253 e. The number of carbonyl (C=O) groups is 2. The first kappa shape index (κ1) is 15.6. The Balaban J connectivity index is 2.01. The fourth-order valence-corrected chi connectivity index (χ4v) is 2.99. The third kappa shape index (κ3) is 3.44. The molecule has 2 rings (SSSR count). The summed E-state index contributed by atoms with van der Waals surface area (Å²) in [4.78, 5) is 25.8. The molecule has 0 bridgehead atoms. The highest BCUT2D eigenvalue weighted by Gasteiger charge is 2.27. The SMILES string of the molecule is CNC(=O)C1CCN(C(=O)c2ccc(Cl)c(I)c2)CC1. The van der Waals surface area contributed by atoms with Crippen LogP contribution in [0.4, 0.5) is 0 Å². The normalized spacial score (nSPS) is 16.1. The molecular weight excluding hydrogens is 391 g/mol. The van der Waals surface area contributed by atoms with Crippen molar-refractivity contribution in [3.8, 4) is 0 Å². The van der Waals surface area contributed by atoms with E-state index in [4.69, 9.17) is 11.6 Å². The zero-order valence-corrected chi connectivity index (χ0v) is 14.1. The van der Waals surface area contributed by atoms with Crippen molar-refractivity contribution in [2.45, 2.75) is 12.8 Å². The van der Waals surface area contributed by atoms with E-state index in [0.717, 1.165) is 16.4 Å². The molecule has 20 heavy (non-hydrogen) atoms. The van der Waals surface area contributed by atoms with Crippen molar-refractivity contribution in [3.63, 3.8) is 0 Å². The number of halogens is 2. The summed E-state index contributed by atoms with van der Waals surface area (Å²) in [5.74, 6) is 0.0995. The van der Waals surface area contributed by atoms with Gasteiger partial charge in [-0.1, -0.05) is 11.6 Å². The second-order valence-corrected chi connectivity index (χ2v) is 6.38. The van der Waals surface area contributed by atoms with E-state index < -0.39 is 0 Å². The Hall–Kier alpha value is -0.820. The average molecular weight is 407 g/mol. The molecule has 108 valence electrons. The van der Waals surface area contributed by atoms with Crippen LogP contribution in [0.2, 0.25) is 5.02 Å². The van der Waals surface area contributed by atoms with Gasteiger partial charge in [0.05, 0.1) is 5.02 Å². The fourth-order valence-electron chi connectivity index (χ4n) is 2.36. The van der Waals surface area contributed by atoms with Crippen LogP contribution in [-0.2, 0) is 4.79 Å². The van der Waals surface area contributed by atoms with Gasteiger partial charge in [0.15, 0.2) is 0 Å². The number of hydrogen-bond acceptors (Lipinski definition) is 2. The van der Waals surface area contributed by atoms with Gasteiger partial charge in [0.1, 0.15) is 0 Å². The molecule has 1 aromatic rings. The Labute approximate surface area is 137 Å². The smallest absolute Gasteiger partial charge is 0.253 e. The lowest BCUT2D eigenvalue weighted by Crippen LogP contribution is -2.42. The Morgan fingerprint density at radius 1 is 1.35 bits per heavy atom. The number of carbonyl (C=O) groups excluding carboxylic acids is 2. The molecule has 0 aromatic heterocycles. The Morgan fingerprint density at radius 3 is 2.55 bits per heavy atom. The fraction of sp³-hybridized carbons (Fsp3) is 0.429. The van der Waals surface area contributed by atoms with Crippen LogP contribution >= 0.6 is 34.2 Å². The molecular formula is C14H16ClIN2O2. The quantitative estimate of drug-likeness (QED) is 0.768. The van der Waals surface area contributed by atoms with Gasteiger partial charge in [-0.05, 0) is 53.6 Å². The highest BCUT2D eigenvalue weighted by molar-refractivity contribution is 14.1. The second kappa shape index (κ2) is 6.76. The standard InChI is InChI=1S/C14H16ClIN2O2/c1-17-13(19)9-4-6-18(7-5-9)14(20)10-2-3-11(15)12(16)8-10/h2-3,8-9H,4-7H2,1H3,(H,17,19). The molecule has 0 spiro atoms. The minimum absolute atomic E-state index is 0.00920. The summed E-state index contributed by atoms with van der Waals surface area (Å²) in [5, 5.41) is 3.32. The summed E-state index contributed by atoms with van der Waals surface area (Å²) in [6.07, 6.45) is 1.44. The van der Waals surface area contributed by atoms with Crippen molar-refractivity contribution in [3.05, 3.63) is 32.4 Å². The molecule has 1 aliphatic rings. The summed E-state index contributed by atoms with van der Waals surface area (Å²) in [7, 11) is 1.65. The van der Waals surface area contributed by atoms with Crippen LogP contribution in [-0.4, -0.2) is 36.9 Å². The lowest BCUT2D eigenvalue weighted by molar-refractivity contribution is -0.125. The monoisotopic (exact) mass is 406 g/mol. The first-order valence-electron chi connectivity index (χ1n) is 6.49. The van der Waals surface area contributed by atoms with Gasteiger partial charge in [-0.15, -0.1) is 0 Å². The van der Waals surface area contributed by atoms with Crippen LogP contribution in [0.25, 0.3) is 0 Å². The maximum atomic E-state index is 12.4. The molecule has 0 saturated carbocycles. The highest BCUT2D eigenvalue weighted by Crippen LogP contribution is 2.23. The van der Waals surface area contributed by atoms with Crippen molar-refractivity contribution in [1.82, 2.24) is 10.2 Å². The minimum Gasteiger partial charge on any atom is -0.359 e. The first-order chi connectivity index (χ1) is 9.52. The third-order valence-electron chi connectivity index (χ3n) is 3.57. The van der Waals surface area contributed by atoms with Gasteiger partial charge < -0.3 is 10.2 Å². The molecule has 1 aliphatic heterocycles. The van der Waals surface area contributed by atoms with Crippen molar-refractivity contribution < 1.29 is 9.59 Å². The molecule has 0 atom stereocenters. The summed E-state index contributed by atoms with van der Waals surface area (Å²) < 4.78 is 0.871. The summed E-state index contributed by atoms with van der Waals surface area (Å²) in [6.45, 7) is 1.24. The van der Waals surface area contributed by atoms with E-state index in [1.54, 1.807) is 30.1 Å². The van der Waals surface area contributed by atoms with E-state index in [9.17, 15) is 9.59 Å². The van der Waals surface area contributed by atoms with Crippen LogP contribution in [0, 0.1) is 9.49 Å². The van der Waals surface area contributed by atoms with Gasteiger partial charge in [0, 0.05) is 35.2 Å². The summed E-state index contributed by atoms with van der Waals surface area (Å²) in [5.41, 5.74) is 0.650. The molecule has 1 heterocycles. The predicted molar refractivity (Wildman–Crippen MR) is 86.9 cm³/mol. The van der Waals surface area contributed by atoms with Crippen LogP contribution < -0.4 is 5.32 Å². The Kier molecular flexibility index (Phi) is 5.26. The van der Waals surface area contributed by atoms with Gasteiger partial charge in [-0.2, -0.15) is 0 Å². The second-order valence-electron chi connectivity index (χ2n) is 4.81. The predicted octanol–water partition coefficient (Wildman–Crippen LogP) is 2.54. The Morgan fingerprint density at radius 2 is 2.00 bits per heavy atom. The largest absolute Gasteiger partial charge is 0.359 e. The molecule has 6 heteroatoms. The topological polar surface area (TPSA) is 49.4 Å². The van der Waals surface area contributed by atoms with Crippen molar-refractivity contribution in [1.29, 1.82) is 0 Å². The summed E-state index contributed by atoms with van der Waals surface area (Å²) >= 11 is 8.08. The lowest BCUT2D eigenvalue weighted by atomic mass is 9.95. The molecule has 2 amide bonds. The zero-order chi connectivity index (χ0) is 14.7. The number of nitrogens with zero attached hydrogens (tertiary/aromatic N) is 1. The number of rotatable bonds is 2. The number of likely N-dealkylation sites (tertiary alicyclic amines) is 1. The van der Waals surface area contributed by atoms with Crippen LogP contribution in [0.3, 0.4) is 0 Å². The van der Waals surface area contributed by atoms with Crippen molar-refractivity contribution in [2.75, 3.05) is 20.1 Å². The van der Waals surface area contributed by atoms with Crippen LogP contribution in [0.15, 0.2) is 18.2 Å². The molecule has 4 nitrogen and oxygen atoms in total. The average Bonchev–Trinajstić information content (AvgIpc) is 2.48. The molecule has 1 saturated heterocycles. The lowest BCUT2D eigenvalue weighted by Gasteiger charge is -2.31. The first-order valence-corrected chi connectivity index (χ1v) is 7.94. The molecule has 0 radical (unpaired) electrons. The molecule has 0 aliphatic carbocycles. The number of amides is 2. The van der Waals surface area contributed by atoms with E-state index >= 15 is 0 Å². The van der Waals surface area contributed by atoms with Gasteiger partial charge in [0.25, 0.3) is 5.91 Å². The highest BCUT2D eigenvalue weighted by atomic mass is 127. The third-order valence-corrected chi connectivity index (χ3v) is 5.11. The van der Waals surface area contributed by atoms with Crippen molar-refractivity contribution >= 4 is 46.0 Å². The number of piperidine rings is 1. The Bertz CT molecular complexity index is 528. The van der Waals surface area contributed by atoms with E-state index in [1.165, 1.54) is 0 Å².